The first-order valence-corrected chi connectivity index (χ1v) is 5.04. The second-order valence-corrected chi connectivity index (χ2v) is 3.69. The van der Waals surface area contributed by atoms with Crippen molar-refractivity contribution in [3.05, 3.63) is 46.0 Å². The van der Waals surface area contributed by atoms with E-state index in [1.807, 2.05) is 13.0 Å². The van der Waals surface area contributed by atoms with Gasteiger partial charge in [-0.3, -0.25) is 9.20 Å². The van der Waals surface area contributed by atoms with Gasteiger partial charge in [0.05, 0.1) is 5.56 Å². The number of nitrogens with zero attached hydrogens (tertiary/aromatic N) is 6. The first kappa shape index (κ1) is 9.76. The zero-order valence-electron chi connectivity index (χ0n) is 8.98. The molecule has 0 amide bonds. The van der Waals surface area contributed by atoms with Crippen molar-refractivity contribution in [2.24, 2.45) is 20.7 Å². The number of fused-ring (bicyclic) bond motifs is 1. The van der Waals surface area contributed by atoms with E-state index in [1.54, 1.807) is 12.3 Å². The van der Waals surface area contributed by atoms with Crippen molar-refractivity contribution in [3.63, 3.8) is 0 Å². The summed E-state index contributed by atoms with van der Waals surface area (Å²) >= 11 is 0. The maximum atomic E-state index is 12.2. The molecular formula is C10H8N6O. The van der Waals surface area contributed by atoms with Gasteiger partial charge in [0.25, 0.3) is 5.56 Å². The van der Waals surface area contributed by atoms with E-state index in [1.165, 1.54) is 10.6 Å². The number of hydrogen-bond donors (Lipinski definition) is 0. The molecule has 7 heteroatoms. The van der Waals surface area contributed by atoms with Gasteiger partial charge >= 0.3 is 0 Å². The molecule has 0 aliphatic carbocycles. The summed E-state index contributed by atoms with van der Waals surface area (Å²) in [6, 6.07) is 3.70. The number of aryl methyl sites for hydroxylation is 1. The summed E-state index contributed by atoms with van der Waals surface area (Å²) in [5.74, 6) is 0. The van der Waals surface area contributed by atoms with Gasteiger partial charge in [-0.15, -0.1) is 10.2 Å². The summed E-state index contributed by atoms with van der Waals surface area (Å²) in [4.78, 5) is 16.4. The zero-order valence-corrected chi connectivity index (χ0v) is 8.98. The molecule has 0 N–H and O–H groups in total. The van der Waals surface area contributed by atoms with Crippen LogP contribution in [0.3, 0.4) is 0 Å². The van der Waals surface area contributed by atoms with E-state index >= 15 is 0 Å². The minimum atomic E-state index is -0.660. The molecule has 0 unspecified atom stereocenters. The van der Waals surface area contributed by atoms with Crippen LogP contribution in [0, 0.1) is 6.92 Å². The fraction of sp³-hybridized carbons (Fsp3) is 0.200. The minimum absolute atomic E-state index is 0.191. The molecule has 1 aliphatic heterocycles. The molecule has 84 valence electrons. The molecule has 0 aromatic carbocycles. The summed E-state index contributed by atoms with van der Waals surface area (Å²) < 4.78 is 1.48. The molecule has 0 saturated heterocycles. The van der Waals surface area contributed by atoms with Gasteiger partial charge in [-0.2, -0.15) is 0 Å². The third kappa shape index (κ3) is 1.43. The topological polar surface area (TPSA) is 83.8 Å². The summed E-state index contributed by atoms with van der Waals surface area (Å²) in [5, 5.41) is 14.2. The normalized spacial score (nSPS) is 14.9. The molecule has 0 atom stereocenters. The van der Waals surface area contributed by atoms with Gasteiger partial charge in [-0.25, -0.2) is 4.98 Å². The minimum Gasteiger partial charge on any atom is -0.268 e. The second kappa shape index (κ2) is 3.55. The van der Waals surface area contributed by atoms with Crippen molar-refractivity contribution in [2.75, 3.05) is 0 Å². The van der Waals surface area contributed by atoms with E-state index in [0.29, 0.717) is 11.2 Å². The lowest BCUT2D eigenvalue weighted by Crippen LogP contribution is -2.20. The SMILES string of the molecule is Cc1cccn2c(=O)c(C3N=NN=N3)cnc12. The molecule has 2 aromatic rings. The summed E-state index contributed by atoms with van der Waals surface area (Å²) in [6.45, 7) is 1.90. The van der Waals surface area contributed by atoms with E-state index in [2.05, 4.69) is 25.7 Å². The molecule has 0 fully saturated rings. The maximum absolute atomic E-state index is 12.2. The lowest BCUT2D eigenvalue weighted by molar-refractivity contribution is 0.739. The quantitative estimate of drug-likeness (QED) is 0.745. The van der Waals surface area contributed by atoms with Gasteiger partial charge in [-0.05, 0) is 29.0 Å². The molecule has 3 rings (SSSR count). The number of aromatic nitrogens is 2. The Morgan fingerprint density at radius 3 is 2.82 bits per heavy atom. The van der Waals surface area contributed by atoms with Crippen LogP contribution in [0.5, 0.6) is 0 Å². The number of rotatable bonds is 1. The number of hydrogen-bond acceptors (Lipinski definition) is 6. The highest BCUT2D eigenvalue weighted by Gasteiger charge is 2.18. The molecular weight excluding hydrogens is 220 g/mol. The Labute approximate surface area is 95.5 Å². The molecule has 1 aliphatic rings. The van der Waals surface area contributed by atoms with E-state index in [0.717, 1.165) is 5.56 Å². The van der Waals surface area contributed by atoms with Crippen molar-refractivity contribution in [1.82, 2.24) is 9.38 Å². The molecule has 0 radical (unpaired) electrons. The average Bonchev–Trinajstić information content (AvgIpc) is 2.84. The monoisotopic (exact) mass is 228 g/mol. The van der Waals surface area contributed by atoms with Gasteiger partial charge in [0.2, 0.25) is 6.17 Å². The van der Waals surface area contributed by atoms with Gasteiger partial charge < -0.3 is 0 Å². The van der Waals surface area contributed by atoms with Crippen LogP contribution in [-0.2, 0) is 0 Å². The fourth-order valence-electron chi connectivity index (χ4n) is 1.73. The standard InChI is InChI=1S/C10H8N6O/c1-6-3-2-4-16-9(6)11-5-7(10(16)17)8-12-14-15-13-8/h2-5,8H,1H3. The zero-order chi connectivity index (χ0) is 11.8. The Hall–Kier alpha value is -2.44. The molecule has 7 nitrogen and oxygen atoms in total. The van der Waals surface area contributed by atoms with Crippen LogP contribution in [0.1, 0.15) is 17.3 Å². The smallest absolute Gasteiger partial charge is 0.265 e. The van der Waals surface area contributed by atoms with Crippen LogP contribution in [0.2, 0.25) is 0 Å². The van der Waals surface area contributed by atoms with Crippen molar-refractivity contribution < 1.29 is 0 Å². The van der Waals surface area contributed by atoms with Crippen LogP contribution in [0.15, 0.2) is 50.0 Å². The number of pyridine rings is 1. The summed E-state index contributed by atoms with van der Waals surface area (Å²) in [6.07, 6.45) is 2.50. The van der Waals surface area contributed by atoms with Crippen LogP contribution in [0.25, 0.3) is 5.65 Å². The van der Waals surface area contributed by atoms with E-state index in [-0.39, 0.29) is 5.56 Å². The van der Waals surface area contributed by atoms with Crippen LogP contribution in [0.4, 0.5) is 0 Å². The molecule has 3 heterocycles. The Morgan fingerprint density at radius 2 is 2.06 bits per heavy atom. The highest BCUT2D eigenvalue weighted by molar-refractivity contribution is 5.46. The maximum Gasteiger partial charge on any atom is 0.265 e. The highest BCUT2D eigenvalue weighted by Crippen LogP contribution is 2.20. The lowest BCUT2D eigenvalue weighted by Gasteiger charge is -2.05. The van der Waals surface area contributed by atoms with E-state index in [9.17, 15) is 4.79 Å². The Balaban J connectivity index is 2.30. The van der Waals surface area contributed by atoms with Crippen molar-refractivity contribution in [3.8, 4) is 0 Å². The van der Waals surface area contributed by atoms with Crippen LogP contribution in [-0.4, -0.2) is 9.38 Å². The van der Waals surface area contributed by atoms with Crippen LogP contribution >= 0.6 is 0 Å². The third-order valence-electron chi connectivity index (χ3n) is 2.59. The van der Waals surface area contributed by atoms with Gasteiger partial charge in [0.15, 0.2) is 0 Å². The highest BCUT2D eigenvalue weighted by atomic mass is 16.1. The Bertz CT molecular complexity index is 689. The molecule has 0 bridgehead atoms. The Kier molecular flexibility index (Phi) is 2.04. The molecule has 0 spiro atoms. The van der Waals surface area contributed by atoms with Gasteiger partial charge in [0.1, 0.15) is 5.65 Å². The lowest BCUT2D eigenvalue weighted by atomic mass is 10.2. The van der Waals surface area contributed by atoms with Gasteiger partial charge in [0, 0.05) is 12.4 Å². The Morgan fingerprint density at radius 1 is 1.29 bits per heavy atom. The second-order valence-electron chi connectivity index (χ2n) is 3.69. The molecule has 2 aromatic heterocycles. The van der Waals surface area contributed by atoms with Crippen molar-refractivity contribution >= 4 is 5.65 Å². The predicted octanol–water partition coefficient (Wildman–Crippen LogP) is 1.83. The first-order valence-electron chi connectivity index (χ1n) is 5.04. The van der Waals surface area contributed by atoms with E-state index < -0.39 is 6.17 Å². The van der Waals surface area contributed by atoms with Crippen molar-refractivity contribution in [2.45, 2.75) is 13.1 Å². The first-order chi connectivity index (χ1) is 8.27. The van der Waals surface area contributed by atoms with Gasteiger partial charge in [-0.1, -0.05) is 6.07 Å². The predicted molar refractivity (Wildman–Crippen MR) is 58.7 cm³/mol. The molecule has 0 saturated carbocycles. The average molecular weight is 228 g/mol. The fourth-order valence-corrected chi connectivity index (χ4v) is 1.73. The van der Waals surface area contributed by atoms with Crippen LogP contribution < -0.4 is 5.56 Å². The molecule has 17 heavy (non-hydrogen) atoms. The summed E-state index contributed by atoms with van der Waals surface area (Å²) in [7, 11) is 0. The van der Waals surface area contributed by atoms with Crippen molar-refractivity contribution in [1.29, 1.82) is 0 Å². The van der Waals surface area contributed by atoms with E-state index in [4.69, 9.17) is 0 Å². The largest absolute Gasteiger partial charge is 0.268 e. The summed E-state index contributed by atoms with van der Waals surface area (Å²) in [5.41, 5.74) is 1.75. The third-order valence-corrected chi connectivity index (χ3v) is 2.59.